The van der Waals surface area contributed by atoms with Gasteiger partial charge in [-0.2, -0.15) is 0 Å². The highest BCUT2D eigenvalue weighted by Gasteiger charge is 2.34. The van der Waals surface area contributed by atoms with Crippen molar-refractivity contribution in [3.63, 3.8) is 0 Å². The van der Waals surface area contributed by atoms with Gasteiger partial charge in [-0.15, -0.1) is 0 Å². The van der Waals surface area contributed by atoms with E-state index < -0.39 is 20.9 Å². The normalized spacial score (nSPS) is 18.2. The van der Waals surface area contributed by atoms with Gasteiger partial charge in [0.15, 0.2) is 5.17 Å². The minimum atomic E-state index is -3.63. The van der Waals surface area contributed by atoms with Crippen LogP contribution in [0, 0.1) is 10.1 Å². The molecule has 2 aromatic rings. The smallest absolute Gasteiger partial charge is 0.282 e. The van der Waals surface area contributed by atoms with E-state index in [1.54, 1.807) is 18.2 Å². The van der Waals surface area contributed by atoms with Gasteiger partial charge in [0.25, 0.3) is 11.6 Å². The topological polar surface area (TPSA) is 113 Å². The number of amidine groups is 1. The minimum Gasteiger partial charge on any atom is -0.286 e. The highest BCUT2D eigenvalue weighted by atomic mass is 32.2. The van der Waals surface area contributed by atoms with Crippen molar-refractivity contribution in [2.75, 3.05) is 20.6 Å². The Hall–Kier alpha value is -2.76. The standard InChI is InChI=1S/C19H20N4O5S2/c1-13-12-22(18(24)16-9-4-5-10-17(16)23(25)26)19(29-13)20-14-7-6-8-15(11-14)30(27,28)21(2)3/h4-11,13H,12H2,1-3H3. The van der Waals surface area contributed by atoms with E-state index in [-0.39, 0.29) is 21.4 Å². The molecule has 9 nitrogen and oxygen atoms in total. The minimum absolute atomic E-state index is 0.0196. The van der Waals surface area contributed by atoms with Gasteiger partial charge in [-0.05, 0) is 24.3 Å². The summed E-state index contributed by atoms with van der Waals surface area (Å²) >= 11 is 1.35. The molecule has 1 amide bonds. The zero-order valence-electron chi connectivity index (χ0n) is 16.5. The van der Waals surface area contributed by atoms with Crippen LogP contribution in [0.5, 0.6) is 0 Å². The lowest BCUT2D eigenvalue weighted by atomic mass is 10.1. The summed E-state index contributed by atoms with van der Waals surface area (Å²) in [5.74, 6) is -0.519. The van der Waals surface area contributed by atoms with Gasteiger partial charge < -0.3 is 0 Å². The summed E-state index contributed by atoms with van der Waals surface area (Å²) in [6.07, 6.45) is 0. The Bertz CT molecular complexity index is 1130. The Kier molecular flexibility index (Phi) is 6.25. The average Bonchev–Trinajstić information content (AvgIpc) is 3.07. The highest BCUT2D eigenvalue weighted by molar-refractivity contribution is 8.14. The number of benzene rings is 2. The molecule has 0 bridgehead atoms. The number of aliphatic imine (C=N–C) groups is 1. The number of nitro groups is 1. The van der Waals surface area contributed by atoms with E-state index in [4.69, 9.17) is 0 Å². The number of thioether (sulfide) groups is 1. The second kappa shape index (κ2) is 8.54. The number of nitrogens with zero attached hydrogens (tertiary/aromatic N) is 4. The number of nitro benzene ring substituents is 1. The molecular formula is C19H20N4O5S2. The van der Waals surface area contributed by atoms with Crippen LogP contribution in [0.25, 0.3) is 0 Å². The lowest BCUT2D eigenvalue weighted by Crippen LogP contribution is -2.33. The van der Waals surface area contributed by atoms with Gasteiger partial charge in [0, 0.05) is 32.0 Å². The molecule has 1 atom stereocenters. The second-order valence-corrected chi connectivity index (χ2v) is 10.4. The number of hydrogen-bond acceptors (Lipinski definition) is 7. The van der Waals surface area contributed by atoms with Crippen LogP contribution in [-0.4, -0.2) is 59.5 Å². The Morgan fingerprint density at radius 2 is 1.93 bits per heavy atom. The molecule has 0 N–H and O–H groups in total. The van der Waals surface area contributed by atoms with E-state index in [0.717, 1.165) is 4.31 Å². The van der Waals surface area contributed by atoms with Crippen molar-refractivity contribution in [3.05, 3.63) is 64.2 Å². The molecule has 1 unspecified atom stereocenters. The fourth-order valence-electron chi connectivity index (χ4n) is 2.87. The number of amides is 1. The van der Waals surface area contributed by atoms with Gasteiger partial charge in [0.1, 0.15) is 5.56 Å². The summed E-state index contributed by atoms with van der Waals surface area (Å²) in [7, 11) is -0.750. The molecular weight excluding hydrogens is 428 g/mol. The van der Waals surface area contributed by atoms with Gasteiger partial charge in [-0.3, -0.25) is 19.8 Å². The summed E-state index contributed by atoms with van der Waals surface area (Å²) in [6, 6.07) is 11.9. The molecule has 0 saturated carbocycles. The van der Waals surface area contributed by atoms with E-state index >= 15 is 0 Å². The number of rotatable bonds is 5. The summed E-state index contributed by atoms with van der Waals surface area (Å²) in [4.78, 5) is 29.7. The maximum Gasteiger partial charge on any atom is 0.282 e. The fourth-order valence-corrected chi connectivity index (χ4v) is 4.83. The Balaban J connectivity index is 1.99. The fraction of sp³-hybridized carbons (Fsp3) is 0.263. The van der Waals surface area contributed by atoms with Gasteiger partial charge in [0.05, 0.1) is 15.5 Å². The van der Waals surface area contributed by atoms with Gasteiger partial charge in [-0.25, -0.2) is 17.7 Å². The molecule has 1 aliphatic rings. The van der Waals surface area contributed by atoms with Gasteiger partial charge in [-0.1, -0.05) is 36.9 Å². The number of para-hydroxylation sites is 1. The number of carbonyl (C=O) groups is 1. The third kappa shape index (κ3) is 4.37. The first kappa shape index (κ1) is 21.9. The van der Waals surface area contributed by atoms with Crippen molar-refractivity contribution >= 4 is 44.2 Å². The monoisotopic (exact) mass is 448 g/mol. The van der Waals surface area contributed by atoms with Crippen LogP contribution in [-0.2, 0) is 10.0 Å². The van der Waals surface area contributed by atoms with E-state index in [1.165, 1.54) is 61.1 Å². The second-order valence-electron chi connectivity index (χ2n) is 6.80. The molecule has 11 heteroatoms. The lowest BCUT2D eigenvalue weighted by Gasteiger charge is -2.16. The molecule has 2 aromatic carbocycles. The van der Waals surface area contributed by atoms with Crippen molar-refractivity contribution in [2.24, 2.45) is 4.99 Å². The summed E-state index contributed by atoms with van der Waals surface area (Å²) < 4.78 is 25.9. The average molecular weight is 449 g/mol. The number of hydrogen-bond donors (Lipinski definition) is 0. The van der Waals surface area contributed by atoms with Crippen LogP contribution < -0.4 is 0 Å². The zero-order valence-corrected chi connectivity index (χ0v) is 18.2. The van der Waals surface area contributed by atoms with Gasteiger partial charge in [0.2, 0.25) is 10.0 Å². The predicted octanol–water partition coefficient (Wildman–Crippen LogP) is 3.11. The summed E-state index contributed by atoms with van der Waals surface area (Å²) in [6.45, 7) is 2.25. The van der Waals surface area contributed by atoms with Crippen molar-refractivity contribution in [1.29, 1.82) is 0 Å². The maximum atomic E-state index is 13.1. The lowest BCUT2D eigenvalue weighted by molar-refractivity contribution is -0.385. The first-order chi connectivity index (χ1) is 14.1. The summed E-state index contributed by atoms with van der Waals surface area (Å²) in [5.41, 5.74) is 0.0780. The third-order valence-electron chi connectivity index (χ3n) is 4.37. The largest absolute Gasteiger partial charge is 0.286 e. The van der Waals surface area contributed by atoms with Crippen LogP contribution in [0.15, 0.2) is 58.4 Å². The quantitative estimate of drug-likeness (QED) is 0.513. The molecule has 1 fully saturated rings. The molecule has 30 heavy (non-hydrogen) atoms. The van der Waals surface area contributed by atoms with Crippen LogP contribution in [0.1, 0.15) is 17.3 Å². The van der Waals surface area contributed by atoms with Crippen LogP contribution in [0.3, 0.4) is 0 Å². The molecule has 0 spiro atoms. The Labute approximate surface area is 178 Å². The molecule has 1 saturated heterocycles. The third-order valence-corrected chi connectivity index (χ3v) is 7.26. The first-order valence-electron chi connectivity index (χ1n) is 8.94. The SMILES string of the molecule is CC1CN(C(=O)c2ccccc2[N+](=O)[O-])C(=Nc2cccc(S(=O)(=O)N(C)C)c2)S1. The van der Waals surface area contributed by atoms with Crippen molar-refractivity contribution in [3.8, 4) is 0 Å². The van der Waals surface area contributed by atoms with E-state index in [1.807, 2.05) is 6.92 Å². The molecule has 0 aliphatic carbocycles. The van der Waals surface area contributed by atoms with Crippen molar-refractivity contribution < 1.29 is 18.1 Å². The Morgan fingerprint density at radius 3 is 2.60 bits per heavy atom. The van der Waals surface area contributed by atoms with Crippen molar-refractivity contribution in [2.45, 2.75) is 17.1 Å². The molecule has 0 aromatic heterocycles. The summed E-state index contributed by atoms with van der Waals surface area (Å²) in [5, 5.41) is 11.7. The maximum absolute atomic E-state index is 13.1. The van der Waals surface area contributed by atoms with Crippen LogP contribution >= 0.6 is 11.8 Å². The van der Waals surface area contributed by atoms with E-state index in [2.05, 4.69) is 4.99 Å². The molecule has 3 rings (SSSR count). The highest BCUT2D eigenvalue weighted by Crippen LogP contribution is 2.31. The van der Waals surface area contributed by atoms with Crippen molar-refractivity contribution in [1.82, 2.24) is 9.21 Å². The predicted molar refractivity (Wildman–Crippen MR) is 116 cm³/mol. The van der Waals surface area contributed by atoms with Gasteiger partial charge >= 0.3 is 0 Å². The molecule has 158 valence electrons. The first-order valence-corrected chi connectivity index (χ1v) is 11.3. The van der Waals surface area contributed by atoms with E-state index in [9.17, 15) is 23.3 Å². The van der Waals surface area contributed by atoms with Crippen LogP contribution in [0.2, 0.25) is 0 Å². The number of sulfonamides is 1. The van der Waals surface area contributed by atoms with Crippen LogP contribution in [0.4, 0.5) is 11.4 Å². The Morgan fingerprint density at radius 1 is 1.23 bits per heavy atom. The van der Waals surface area contributed by atoms with E-state index in [0.29, 0.717) is 17.4 Å². The molecule has 1 heterocycles. The molecule has 0 radical (unpaired) electrons. The molecule has 1 aliphatic heterocycles. The number of carbonyl (C=O) groups excluding carboxylic acids is 1. The zero-order chi connectivity index (χ0) is 22.1.